The maximum absolute atomic E-state index is 14.6. The molecule has 65 heavy (non-hydrogen) atoms. The average Bonchev–Trinajstić information content (AvgIpc) is 3.82. The van der Waals surface area contributed by atoms with Crippen molar-refractivity contribution in [2.45, 2.75) is 69.7 Å². The van der Waals surface area contributed by atoms with Crippen molar-refractivity contribution in [3.63, 3.8) is 0 Å². The van der Waals surface area contributed by atoms with E-state index < -0.39 is 53.7 Å². The third kappa shape index (κ3) is 11.9. The first-order valence-corrected chi connectivity index (χ1v) is 21.6. The van der Waals surface area contributed by atoms with Crippen molar-refractivity contribution in [2.75, 3.05) is 13.6 Å². The van der Waals surface area contributed by atoms with Gasteiger partial charge in [-0.05, 0) is 123 Å². The van der Waals surface area contributed by atoms with Crippen molar-refractivity contribution >= 4 is 47.1 Å². The SMILES string of the molecule is C=C([C@H](CCCCN)NC(=O)c1ccc(-c2ccc(Cl)cc2)cc1)N(C)[C@@H]1C(=O)N[C@@H](C)C(=O)N[C@H](C(=O)N[C@@H](C)C(=O)/C=C/c2cnc[nH]2)Cc2ccc(O)c(c2)-c2cc1ccc2O. The summed E-state index contributed by atoms with van der Waals surface area (Å²) in [4.78, 5) is 77.4. The first-order valence-electron chi connectivity index (χ1n) is 21.2. The van der Waals surface area contributed by atoms with Gasteiger partial charge < -0.3 is 47.1 Å². The molecular formula is C49H53ClN8O7. The van der Waals surface area contributed by atoms with Crippen LogP contribution in [0.3, 0.4) is 0 Å². The number of fused-ring (bicyclic) bond motifs is 5. The number of aromatic nitrogens is 2. The van der Waals surface area contributed by atoms with Crippen LogP contribution in [-0.2, 0) is 25.6 Å². The summed E-state index contributed by atoms with van der Waals surface area (Å²) < 4.78 is 0. The molecule has 1 aliphatic heterocycles. The number of carbonyl (C=O) groups excluding carboxylic acids is 5. The first-order chi connectivity index (χ1) is 31.1. The van der Waals surface area contributed by atoms with E-state index in [-0.39, 0.29) is 35.0 Å². The Bertz CT molecular complexity index is 2560. The lowest BCUT2D eigenvalue weighted by Crippen LogP contribution is -2.56. The second-order valence-corrected chi connectivity index (χ2v) is 16.4. The number of nitrogens with one attached hydrogen (secondary N) is 5. The number of halogens is 1. The van der Waals surface area contributed by atoms with Crippen molar-refractivity contribution in [3.8, 4) is 33.8 Å². The highest BCUT2D eigenvalue weighted by Gasteiger charge is 2.34. The number of rotatable bonds is 15. The summed E-state index contributed by atoms with van der Waals surface area (Å²) in [6.45, 7) is 7.78. The standard InChI is InChI=1S/C49H53ClN8O7/c1-28(42(59)21-18-37-26-52-27-53-37)54-48(64)41-24-31-8-19-43(60)38(23-31)39-25-35(15-20-44(39)61)45(49(65)55-29(2)46(62)57-41)58(4)30(3)40(7-5-6-22-51)56-47(63)34-11-9-32(10-12-34)33-13-16-36(50)17-14-33/h8-21,23,25-29,40-41,45,60-61H,3,5-7,22,24,51H2,1-2,4H3,(H,52,53)(H,54,64)(H,55,65)(H,56,63)(H,57,62)/b21-18+/t28-,29-,40-,41-,45-/m0/s1. The number of benzene rings is 4. The summed E-state index contributed by atoms with van der Waals surface area (Å²) >= 11 is 6.07. The summed E-state index contributed by atoms with van der Waals surface area (Å²) in [6.07, 6.45) is 7.46. The number of unbranched alkanes of at least 4 members (excludes halogenated alkanes) is 1. The fourth-order valence-corrected chi connectivity index (χ4v) is 7.63. The molecule has 0 aliphatic carbocycles. The van der Waals surface area contributed by atoms with Gasteiger partial charge in [0.1, 0.15) is 29.6 Å². The average molecular weight is 901 g/mol. The number of aromatic hydroxyl groups is 2. The number of ketones is 1. The number of hydrogen-bond acceptors (Lipinski definition) is 10. The van der Waals surface area contributed by atoms with E-state index in [2.05, 4.69) is 37.8 Å². The quantitative estimate of drug-likeness (QED) is 0.0482. The molecule has 0 fully saturated rings. The highest BCUT2D eigenvalue weighted by molar-refractivity contribution is 6.30. The monoisotopic (exact) mass is 900 g/mol. The van der Waals surface area contributed by atoms with E-state index in [4.69, 9.17) is 17.3 Å². The Morgan fingerprint density at radius 1 is 0.923 bits per heavy atom. The van der Waals surface area contributed by atoms with Crippen LogP contribution in [0.15, 0.2) is 116 Å². The number of imidazole rings is 1. The van der Waals surface area contributed by atoms with Crippen LogP contribution in [0.25, 0.3) is 28.3 Å². The van der Waals surface area contributed by atoms with Crippen LogP contribution in [0.5, 0.6) is 11.5 Å². The second-order valence-electron chi connectivity index (χ2n) is 16.0. The molecule has 5 atom stereocenters. The maximum atomic E-state index is 14.6. The zero-order chi connectivity index (χ0) is 46.8. The zero-order valence-electron chi connectivity index (χ0n) is 36.3. The van der Waals surface area contributed by atoms with E-state index in [1.807, 2.05) is 24.3 Å². The number of nitrogens with zero attached hydrogens (tertiary/aromatic N) is 2. The van der Waals surface area contributed by atoms with Crippen molar-refractivity contribution in [1.29, 1.82) is 0 Å². The molecule has 1 aromatic heterocycles. The van der Waals surface area contributed by atoms with Gasteiger partial charge in [0.2, 0.25) is 17.7 Å². The number of H-pyrrole nitrogens is 1. The highest BCUT2D eigenvalue weighted by atomic mass is 35.5. The number of phenolic OH excluding ortho intramolecular Hbond substituents is 2. The number of phenols is 2. The van der Waals surface area contributed by atoms with Gasteiger partial charge in [0.15, 0.2) is 5.78 Å². The number of likely N-dealkylation sites (N-methyl/N-ethyl adjacent to an activating group) is 1. The van der Waals surface area contributed by atoms with Crippen LogP contribution < -0.4 is 27.0 Å². The smallest absolute Gasteiger partial charge is 0.251 e. The Morgan fingerprint density at radius 2 is 1.58 bits per heavy atom. The molecule has 4 bridgehead atoms. The second kappa shape index (κ2) is 21.4. The highest BCUT2D eigenvalue weighted by Crippen LogP contribution is 2.39. The molecule has 9 N–H and O–H groups in total. The molecule has 0 saturated heterocycles. The summed E-state index contributed by atoms with van der Waals surface area (Å²) in [5.74, 6) is -3.18. The predicted octanol–water partition coefficient (Wildman–Crippen LogP) is 5.56. The third-order valence-electron chi connectivity index (χ3n) is 11.3. The lowest BCUT2D eigenvalue weighted by atomic mass is 9.93. The van der Waals surface area contributed by atoms with E-state index in [1.54, 1.807) is 60.5 Å². The Balaban J connectivity index is 1.29. The normalized spacial score (nSPS) is 17.2. The largest absolute Gasteiger partial charge is 0.507 e. The Morgan fingerprint density at radius 3 is 2.25 bits per heavy atom. The number of nitrogens with two attached hydrogens (primary N) is 1. The third-order valence-corrected chi connectivity index (χ3v) is 11.6. The summed E-state index contributed by atoms with van der Waals surface area (Å²) in [5.41, 5.74) is 10.3. The van der Waals surface area contributed by atoms with Gasteiger partial charge in [0, 0.05) is 40.9 Å². The van der Waals surface area contributed by atoms with Crippen LogP contribution in [0.1, 0.15) is 66.3 Å². The molecule has 4 aromatic carbocycles. The minimum Gasteiger partial charge on any atom is -0.507 e. The topological polar surface area (TPSA) is 232 Å². The van der Waals surface area contributed by atoms with Crippen LogP contribution >= 0.6 is 11.6 Å². The van der Waals surface area contributed by atoms with E-state index >= 15 is 0 Å². The Labute approximate surface area is 382 Å². The first kappa shape index (κ1) is 47.3. The number of aromatic amines is 1. The van der Waals surface area contributed by atoms with Gasteiger partial charge in [-0.3, -0.25) is 24.0 Å². The van der Waals surface area contributed by atoms with Crippen molar-refractivity contribution in [1.82, 2.24) is 36.1 Å². The van der Waals surface area contributed by atoms with Crippen LogP contribution in [0.4, 0.5) is 0 Å². The van der Waals surface area contributed by atoms with E-state index in [9.17, 15) is 34.2 Å². The lowest BCUT2D eigenvalue weighted by Gasteiger charge is -2.36. The van der Waals surface area contributed by atoms with Crippen molar-refractivity contribution in [2.24, 2.45) is 5.73 Å². The molecule has 15 nitrogen and oxygen atoms in total. The maximum Gasteiger partial charge on any atom is 0.251 e. The molecule has 5 aromatic rings. The predicted molar refractivity (Wildman–Crippen MR) is 249 cm³/mol. The minimum atomic E-state index is -1.24. The van der Waals surface area contributed by atoms with Gasteiger partial charge in [-0.2, -0.15) is 0 Å². The Hall–Kier alpha value is -7.23. The van der Waals surface area contributed by atoms with Gasteiger partial charge in [-0.1, -0.05) is 54.6 Å². The van der Waals surface area contributed by atoms with Gasteiger partial charge in [0.05, 0.1) is 30.3 Å². The molecule has 16 heteroatoms. The summed E-state index contributed by atoms with van der Waals surface area (Å²) in [6, 6.07) is 18.3. The minimum absolute atomic E-state index is 0.0776. The molecule has 2 heterocycles. The van der Waals surface area contributed by atoms with E-state index in [0.717, 1.165) is 11.1 Å². The van der Waals surface area contributed by atoms with Crippen molar-refractivity contribution in [3.05, 3.63) is 143 Å². The van der Waals surface area contributed by atoms with Crippen LogP contribution in [0, 0.1) is 0 Å². The molecule has 4 amide bonds. The van der Waals surface area contributed by atoms with Gasteiger partial charge in [0.25, 0.3) is 5.91 Å². The van der Waals surface area contributed by atoms with E-state index in [1.165, 1.54) is 50.7 Å². The fourth-order valence-electron chi connectivity index (χ4n) is 7.50. The molecular weight excluding hydrogens is 848 g/mol. The molecule has 0 spiro atoms. The lowest BCUT2D eigenvalue weighted by molar-refractivity contribution is -0.133. The fraction of sp³-hybridized carbons (Fsp3) is 0.265. The number of carbonyl (C=O) groups is 5. The molecule has 0 saturated carbocycles. The van der Waals surface area contributed by atoms with Crippen molar-refractivity contribution < 1.29 is 34.2 Å². The Kier molecular flexibility index (Phi) is 15.6. The molecule has 0 radical (unpaired) electrons. The summed E-state index contributed by atoms with van der Waals surface area (Å²) in [5, 5.41) is 34.3. The van der Waals surface area contributed by atoms with E-state index in [0.29, 0.717) is 58.9 Å². The van der Waals surface area contributed by atoms with Gasteiger partial charge in [-0.15, -0.1) is 0 Å². The summed E-state index contributed by atoms with van der Waals surface area (Å²) in [7, 11) is 1.64. The number of amides is 4. The number of hydrogen-bond donors (Lipinski definition) is 8. The van der Waals surface area contributed by atoms with Crippen LogP contribution in [0.2, 0.25) is 5.02 Å². The van der Waals surface area contributed by atoms with Gasteiger partial charge >= 0.3 is 0 Å². The van der Waals surface area contributed by atoms with Gasteiger partial charge in [-0.25, -0.2) is 4.98 Å². The molecule has 338 valence electrons. The molecule has 6 rings (SSSR count). The van der Waals surface area contributed by atoms with Crippen LogP contribution in [-0.4, -0.2) is 92.3 Å². The zero-order valence-corrected chi connectivity index (χ0v) is 37.1. The molecule has 0 unspecified atom stereocenters. The molecule has 1 aliphatic rings.